The molecule has 0 aliphatic carbocycles. The number of aromatic nitrogens is 2. The van der Waals surface area contributed by atoms with Crippen molar-refractivity contribution in [1.82, 2.24) is 14.5 Å². The van der Waals surface area contributed by atoms with Gasteiger partial charge in [-0.3, -0.25) is 14.2 Å². The van der Waals surface area contributed by atoms with Crippen LogP contribution in [0, 0.1) is 0 Å². The van der Waals surface area contributed by atoms with Crippen LogP contribution in [-0.4, -0.2) is 45.2 Å². The minimum Gasteiger partial charge on any atom is -0.393 e. The Labute approximate surface area is 122 Å². The molecule has 2 rings (SSSR count). The van der Waals surface area contributed by atoms with E-state index in [-0.39, 0.29) is 18.0 Å². The third-order valence-corrected chi connectivity index (χ3v) is 3.35. The number of aliphatic hydroxyl groups excluding tert-OH is 1. The molecule has 0 spiro atoms. The predicted octanol–water partition coefficient (Wildman–Crippen LogP) is 0.626. The first-order chi connectivity index (χ1) is 9.99. The zero-order chi connectivity index (χ0) is 15.4. The van der Waals surface area contributed by atoms with Crippen molar-refractivity contribution in [2.75, 3.05) is 13.6 Å². The molecule has 1 aromatic heterocycles. The first kappa shape index (κ1) is 15.2. The molecule has 0 aliphatic rings. The lowest BCUT2D eigenvalue weighted by Crippen LogP contribution is -2.35. The Hall–Kier alpha value is -2.21. The zero-order valence-electron chi connectivity index (χ0n) is 12.2. The first-order valence-electron chi connectivity index (χ1n) is 6.85. The van der Waals surface area contributed by atoms with Crippen LogP contribution in [0.5, 0.6) is 0 Å². The number of carbonyl (C=O) groups excluding carboxylic acids is 1. The van der Waals surface area contributed by atoms with Crippen LogP contribution in [-0.2, 0) is 11.3 Å². The Morgan fingerprint density at radius 3 is 2.86 bits per heavy atom. The van der Waals surface area contributed by atoms with Crippen molar-refractivity contribution in [3.05, 3.63) is 40.9 Å². The van der Waals surface area contributed by atoms with Crippen LogP contribution in [0.1, 0.15) is 13.3 Å². The summed E-state index contributed by atoms with van der Waals surface area (Å²) in [6.07, 6.45) is 1.45. The van der Waals surface area contributed by atoms with Gasteiger partial charge in [-0.15, -0.1) is 0 Å². The molecule has 6 nitrogen and oxygen atoms in total. The van der Waals surface area contributed by atoms with E-state index in [1.54, 1.807) is 32.2 Å². The third-order valence-electron chi connectivity index (χ3n) is 3.35. The van der Waals surface area contributed by atoms with Crippen molar-refractivity contribution < 1.29 is 9.90 Å². The van der Waals surface area contributed by atoms with Gasteiger partial charge in [-0.1, -0.05) is 12.1 Å². The lowest BCUT2D eigenvalue weighted by atomic mass is 10.2. The monoisotopic (exact) mass is 289 g/mol. The highest BCUT2D eigenvalue weighted by Gasteiger charge is 2.12. The minimum absolute atomic E-state index is 0.0486. The Balaban J connectivity index is 2.14. The van der Waals surface area contributed by atoms with Gasteiger partial charge in [-0.05, 0) is 25.5 Å². The van der Waals surface area contributed by atoms with E-state index in [4.69, 9.17) is 0 Å². The van der Waals surface area contributed by atoms with Gasteiger partial charge in [-0.25, -0.2) is 4.98 Å². The highest BCUT2D eigenvalue weighted by Crippen LogP contribution is 2.05. The molecular formula is C15H19N3O3. The Bertz CT molecular complexity index is 694. The minimum atomic E-state index is -0.453. The van der Waals surface area contributed by atoms with E-state index < -0.39 is 6.10 Å². The van der Waals surface area contributed by atoms with E-state index in [0.717, 1.165) is 0 Å². The molecule has 1 aromatic carbocycles. The highest BCUT2D eigenvalue weighted by atomic mass is 16.3. The van der Waals surface area contributed by atoms with E-state index >= 15 is 0 Å². The highest BCUT2D eigenvalue weighted by molar-refractivity contribution is 5.78. The second kappa shape index (κ2) is 6.49. The summed E-state index contributed by atoms with van der Waals surface area (Å²) in [5, 5.41) is 9.73. The fourth-order valence-corrected chi connectivity index (χ4v) is 1.99. The number of likely N-dealkylation sites (N-methyl/N-ethyl adjacent to an activating group) is 1. The molecule has 0 aliphatic heterocycles. The van der Waals surface area contributed by atoms with Gasteiger partial charge in [0.05, 0.1) is 23.3 Å². The normalized spacial score (nSPS) is 12.3. The molecule has 1 atom stereocenters. The number of rotatable bonds is 5. The van der Waals surface area contributed by atoms with Crippen LogP contribution in [0.3, 0.4) is 0 Å². The molecule has 0 fully saturated rings. The average molecular weight is 289 g/mol. The van der Waals surface area contributed by atoms with Crippen LogP contribution in [0.2, 0.25) is 0 Å². The summed E-state index contributed by atoms with van der Waals surface area (Å²) >= 11 is 0. The van der Waals surface area contributed by atoms with Crippen molar-refractivity contribution in [2.45, 2.75) is 26.0 Å². The standard InChI is InChI=1S/C15H19N3O3/c1-11(19)7-8-17(2)14(20)9-18-10-16-13-6-4-3-5-12(13)15(18)21/h3-6,10-11,19H,7-9H2,1-2H3. The second-order valence-electron chi connectivity index (χ2n) is 5.15. The number of carbonyl (C=O) groups is 1. The maximum atomic E-state index is 12.3. The summed E-state index contributed by atoms with van der Waals surface area (Å²) in [5.41, 5.74) is 0.395. The second-order valence-corrected chi connectivity index (χ2v) is 5.15. The van der Waals surface area contributed by atoms with Crippen molar-refractivity contribution in [1.29, 1.82) is 0 Å². The van der Waals surface area contributed by atoms with E-state index in [0.29, 0.717) is 23.9 Å². The van der Waals surface area contributed by atoms with Crippen LogP contribution < -0.4 is 5.56 Å². The fraction of sp³-hybridized carbons (Fsp3) is 0.400. The summed E-state index contributed by atoms with van der Waals surface area (Å²) in [5.74, 6) is -0.185. The predicted molar refractivity (Wildman–Crippen MR) is 79.9 cm³/mol. The molecule has 0 bridgehead atoms. The summed E-state index contributed by atoms with van der Waals surface area (Å²) in [6, 6.07) is 7.04. The van der Waals surface area contributed by atoms with Gasteiger partial charge < -0.3 is 10.0 Å². The summed E-state index contributed by atoms with van der Waals surface area (Å²) in [4.78, 5) is 30.0. The van der Waals surface area contributed by atoms with Gasteiger partial charge >= 0.3 is 0 Å². The van der Waals surface area contributed by atoms with Crippen molar-refractivity contribution in [3.8, 4) is 0 Å². The molecule has 112 valence electrons. The lowest BCUT2D eigenvalue weighted by Gasteiger charge is -2.18. The number of para-hydroxylation sites is 1. The molecule has 2 aromatic rings. The molecular weight excluding hydrogens is 270 g/mol. The first-order valence-corrected chi connectivity index (χ1v) is 6.85. The van der Waals surface area contributed by atoms with Crippen LogP contribution in [0.4, 0.5) is 0 Å². The number of fused-ring (bicyclic) bond motifs is 1. The Morgan fingerprint density at radius 1 is 1.43 bits per heavy atom. The molecule has 0 radical (unpaired) electrons. The number of hydrogen-bond donors (Lipinski definition) is 1. The number of benzene rings is 1. The SMILES string of the molecule is CC(O)CCN(C)C(=O)Cn1cnc2ccccc2c1=O. The molecule has 0 saturated heterocycles. The van der Waals surface area contributed by atoms with Crippen molar-refractivity contribution in [2.24, 2.45) is 0 Å². The quantitative estimate of drug-likeness (QED) is 0.876. The van der Waals surface area contributed by atoms with Crippen molar-refractivity contribution in [3.63, 3.8) is 0 Å². The van der Waals surface area contributed by atoms with Gasteiger partial charge in [0.25, 0.3) is 5.56 Å². The molecule has 0 saturated carbocycles. The molecule has 1 heterocycles. The summed E-state index contributed by atoms with van der Waals surface area (Å²) in [6.45, 7) is 2.08. The molecule has 21 heavy (non-hydrogen) atoms. The Morgan fingerprint density at radius 2 is 2.14 bits per heavy atom. The summed E-state index contributed by atoms with van der Waals surface area (Å²) < 4.78 is 1.31. The van der Waals surface area contributed by atoms with Gasteiger partial charge in [0, 0.05) is 13.6 Å². The fourth-order valence-electron chi connectivity index (χ4n) is 1.99. The van der Waals surface area contributed by atoms with E-state index in [2.05, 4.69) is 4.98 Å². The molecule has 1 unspecified atom stereocenters. The van der Waals surface area contributed by atoms with Crippen LogP contribution in [0.15, 0.2) is 35.4 Å². The van der Waals surface area contributed by atoms with Gasteiger partial charge in [-0.2, -0.15) is 0 Å². The number of nitrogens with zero attached hydrogens (tertiary/aromatic N) is 3. The van der Waals surface area contributed by atoms with E-state index in [9.17, 15) is 14.7 Å². The summed E-state index contributed by atoms with van der Waals surface area (Å²) in [7, 11) is 1.66. The average Bonchev–Trinajstić information content (AvgIpc) is 2.47. The van der Waals surface area contributed by atoms with Crippen LogP contribution in [0.25, 0.3) is 10.9 Å². The Kier molecular flexibility index (Phi) is 4.70. The zero-order valence-corrected chi connectivity index (χ0v) is 12.2. The lowest BCUT2D eigenvalue weighted by molar-refractivity contribution is -0.130. The van der Waals surface area contributed by atoms with Crippen molar-refractivity contribution >= 4 is 16.8 Å². The molecule has 1 amide bonds. The number of hydrogen-bond acceptors (Lipinski definition) is 4. The van der Waals surface area contributed by atoms with Gasteiger partial charge in [0.15, 0.2) is 0 Å². The third kappa shape index (κ3) is 3.66. The molecule has 1 N–H and O–H groups in total. The van der Waals surface area contributed by atoms with Crippen LogP contribution >= 0.6 is 0 Å². The maximum absolute atomic E-state index is 12.3. The molecule has 6 heteroatoms. The number of aliphatic hydroxyl groups is 1. The van der Waals surface area contributed by atoms with E-state index in [1.807, 2.05) is 6.07 Å². The largest absolute Gasteiger partial charge is 0.393 e. The topological polar surface area (TPSA) is 75.4 Å². The smallest absolute Gasteiger partial charge is 0.261 e. The van der Waals surface area contributed by atoms with Gasteiger partial charge in [0.2, 0.25) is 5.91 Å². The number of amides is 1. The van der Waals surface area contributed by atoms with Gasteiger partial charge in [0.1, 0.15) is 6.54 Å². The maximum Gasteiger partial charge on any atom is 0.261 e. The van der Waals surface area contributed by atoms with E-state index in [1.165, 1.54) is 15.8 Å².